The molecule has 4 N–H and O–H groups in total. The molecule has 6 nitrogen and oxygen atoms in total. The minimum atomic E-state index is -4.76. The summed E-state index contributed by atoms with van der Waals surface area (Å²) in [5.41, 5.74) is 0. The number of hydrogen-bond acceptors (Lipinski definition) is 2. The summed E-state index contributed by atoms with van der Waals surface area (Å²) in [6.45, 7) is 0. The van der Waals surface area contributed by atoms with Gasteiger partial charge in [0.2, 0.25) is 5.91 Å². The van der Waals surface area contributed by atoms with E-state index in [1.807, 2.05) is 0 Å². The van der Waals surface area contributed by atoms with Crippen LogP contribution in [0.3, 0.4) is 0 Å². The molecular weight excluding hydrogens is 225 g/mol. The molecule has 0 radical (unpaired) electrons. The quantitative estimate of drug-likeness (QED) is 0.514. The molecule has 0 aromatic heterocycles. The van der Waals surface area contributed by atoms with E-state index in [2.05, 4.69) is 0 Å². The molecule has 9 heteroatoms. The minimum Gasteiger partial charge on any atom is -0.324 e. The van der Waals surface area contributed by atoms with Gasteiger partial charge in [-0.15, -0.1) is 0 Å². The van der Waals surface area contributed by atoms with Gasteiger partial charge in [-0.2, -0.15) is 0 Å². The largest absolute Gasteiger partial charge is 0.359 e. The van der Waals surface area contributed by atoms with Crippen molar-refractivity contribution in [2.75, 3.05) is 6.16 Å². The first-order valence-electron chi connectivity index (χ1n) is 3.37. The van der Waals surface area contributed by atoms with Crippen molar-refractivity contribution >= 4 is 15.2 Å². The fraction of sp³-hybridized carbons (Fsp3) is 1.00. The molecule has 13 heavy (non-hydrogen) atoms. The third-order valence-electron chi connectivity index (χ3n) is 1.26. The number of hydrogen-bond donors (Lipinski definition) is 4. The second-order valence-corrected chi connectivity index (χ2v) is 6.07. The Morgan fingerprint density at radius 1 is 1.15 bits per heavy atom. The van der Waals surface area contributed by atoms with Gasteiger partial charge in [0.25, 0.3) is 0 Å². The highest BCUT2D eigenvalue weighted by Crippen LogP contribution is 2.45. The van der Waals surface area contributed by atoms with Crippen molar-refractivity contribution < 1.29 is 33.1 Å². The van der Waals surface area contributed by atoms with Gasteiger partial charge in [-0.25, -0.2) is 4.39 Å². The Labute approximate surface area is 74.1 Å². The number of halogens is 1. The summed E-state index contributed by atoms with van der Waals surface area (Å²) in [6.07, 6.45) is -1.36. The lowest BCUT2D eigenvalue weighted by molar-refractivity contribution is 0.288. The SMILES string of the molecule is O=P(O)(O)CCCC(F)P(=O)(O)O. The van der Waals surface area contributed by atoms with Gasteiger partial charge in [-0.1, -0.05) is 0 Å². The van der Waals surface area contributed by atoms with Crippen LogP contribution in [0.1, 0.15) is 12.8 Å². The van der Waals surface area contributed by atoms with Crippen LogP contribution in [-0.2, 0) is 9.13 Å². The van der Waals surface area contributed by atoms with Gasteiger partial charge in [-0.3, -0.25) is 9.13 Å². The topological polar surface area (TPSA) is 115 Å². The summed E-state index contributed by atoms with van der Waals surface area (Å²) in [6, 6.07) is 0. The predicted molar refractivity (Wildman–Crippen MR) is 43.1 cm³/mol. The van der Waals surface area contributed by atoms with E-state index >= 15 is 0 Å². The van der Waals surface area contributed by atoms with Crippen molar-refractivity contribution in [1.29, 1.82) is 0 Å². The maximum Gasteiger partial charge on any atom is 0.359 e. The summed E-state index contributed by atoms with van der Waals surface area (Å²) >= 11 is 0. The van der Waals surface area contributed by atoms with Crippen LogP contribution in [-0.4, -0.2) is 31.6 Å². The first-order chi connectivity index (χ1) is 5.63. The average molecular weight is 236 g/mol. The Bertz CT molecular complexity index is 243. The van der Waals surface area contributed by atoms with Crippen molar-refractivity contribution in [2.45, 2.75) is 18.8 Å². The third kappa shape index (κ3) is 7.31. The van der Waals surface area contributed by atoms with Crippen molar-refractivity contribution in [2.24, 2.45) is 0 Å². The molecular formula is C4H11FO6P2. The zero-order chi connectivity index (χ0) is 10.7. The summed E-state index contributed by atoms with van der Waals surface area (Å²) in [5, 5.41) is 0. The molecule has 0 fully saturated rings. The van der Waals surface area contributed by atoms with Gasteiger partial charge in [0.05, 0.1) is 0 Å². The molecule has 0 bridgehead atoms. The van der Waals surface area contributed by atoms with Gasteiger partial charge in [0, 0.05) is 6.16 Å². The van der Waals surface area contributed by atoms with Crippen LogP contribution in [0.25, 0.3) is 0 Å². The number of rotatable bonds is 5. The van der Waals surface area contributed by atoms with Crippen LogP contribution in [0.5, 0.6) is 0 Å². The highest BCUT2D eigenvalue weighted by Gasteiger charge is 2.28. The predicted octanol–water partition coefficient (Wildman–Crippen LogP) is 0.418. The van der Waals surface area contributed by atoms with Gasteiger partial charge in [0.1, 0.15) is 0 Å². The van der Waals surface area contributed by atoms with Crippen molar-refractivity contribution in [3.63, 3.8) is 0 Å². The van der Waals surface area contributed by atoms with Gasteiger partial charge >= 0.3 is 15.2 Å². The Kier molecular flexibility index (Phi) is 4.72. The molecule has 80 valence electrons. The summed E-state index contributed by atoms with van der Waals surface area (Å²) in [5.74, 6) is -2.33. The molecule has 0 aliphatic heterocycles. The lowest BCUT2D eigenvalue weighted by Gasteiger charge is -2.09. The van der Waals surface area contributed by atoms with Crippen LogP contribution in [0, 0.1) is 0 Å². The smallest absolute Gasteiger partial charge is 0.324 e. The van der Waals surface area contributed by atoms with Crippen molar-refractivity contribution in [1.82, 2.24) is 0 Å². The van der Waals surface area contributed by atoms with E-state index in [1.165, 1.54) is 0 Å². The third-order valence-corrected chi connectivity index (χ3v) is 3.14. The van der Waals surface area contributed by atoms with Gasteiger partial charge in [-0.05, 0) is 12.8 Å². The molecule has 0 amide bonds. The zero-order valence-corrected chi connectivity index (χ0v) is 8.37. The van der Waals surface area contributed by atoms with Gasteiger partial charge in [0.15, 0.2) is 0 Å². The molecule has 0 aromatic carbocycles. The molecule has 0 rings (SSSR count). The molecule has 0 aliphatic rings. The zero-order valence-electron chi connectivity index (χ0n) is 6.58. The highest BCUT2D eigenvalue weighted by molar-refractivity contribution is 7.52. The molecule has 1 unspecified atom stereocenters. The molecule has 1 atom stereocenters. The van der Waals surface area contributed by atoms with E-state index in [1.54, 1.807) is 0 Å². The summed E-state index contributed by atoms with van der Waals surface area (Å²) in [4.78, 5) is 33.2. The van der Waals surface area contributed by atoms with Gasteiger partial charge < -0.3 is 19.6 Å². The lowest BCUT2D eigenvalue weighted by atomic mass is 10.4. The van der Waals surface area contributed by atoms with Crippen molar-refractivity contribution in [3.05, 3.63) is 0 Å². The lowest BCUT2D eigenvalue weighted by Crippen LogP contribution is -2.02. The molecule has 0 aromatic rings. The van der Waals surface area contributed by atoms with E-state index in [0.717, 1.165) is 0 Å². The fourth-order valence-corrected chi connectivity index (χ4v) is 1.75. The van der Waals surface area contributed by atoms with E-state index < -0.39 is 33.7 Å². The average Bonchev–Trinajstić information content (AvgIpc) is 1.82. The monoisotopic (exact) mass is 236 g/mol. The Balaban J connectivity index is 3.80. The first kappa shape index (κ1) is 13.2. The van der Waals surface area contributed by atoms with E-state index in [-0.39, 0.29) is 6.42 Å². The molecule has 0 saturated heterocycles. The highest BCUT2D eigenvalue weighted by atomic mass is 31.2. The Morgan fingerprint density at radius 2 is 1.62 bits per heavy atom. The minimum absolute atomic E-state index is 0.253. The standard InChI is InChI=1S/C4H11FO6P2/c5-4(13(9,10)11)2-1-3-12(6,7)8/h4H,1-3H2,(H2,6,7,8)(H2,9,10,11). The van der Waals surface area contributed by atoms with Crippen molar-refractivity contribution in [3.8, 4) is 0 Å². The van der Waals surface area contributed by atoms with E-state index in [9.17, 15) is 13.5 Å². The molecule has 0 heterocycles. The fourth-order valence-electron chi connectivity index (χ4n) is 0.634. The second-order valence-electron chi connectivity index (χ2n) is 2.55. The second kappa shape index (κ2) is 4.64. The first-order valence-corrected chi connectivity index (χ1v) is 6.85. The number of alkyl halides is 1. The summed E-state index contributed by atoms with van der Waals surface area (Å²) < 4.78 is 32.9. The van der Waals surface area contributed by atoms with Crippen LogP contribution < -0.4 is 0 Å². The maximum absolute atomic E-state index is 12.5. The van der Waals surface area contributed by atoms with Crippen LogP contribution in [0.4, 0.5) is 4.39 Å². The molecule has 0 saturated carbocycles. The maximum atomic E-state index is 12.5. The normalized spacial score (nSPS) is 15.8. The van der Waals surface area contributed by atoms with Crippen LogP contribution >= 0.6 is 15.2 Å². The summed E-state index contributed by atoms with van der Waals surface area (Å²) in [7, 11) is -8.95. The van der Waals surface area contributed by atoms with E-state index in [4.69, 9.17) is 19.6 Å². The van der Waals surface area contributed by atoms with Crippen LogP contribution in [0.15, 0.2) is 0 Å². The van der Waals surface area contributed by atoms with E-state index in [0.29, 0.717) is 0 Å². The molecule has 0 aliphatic carbocycles. The Hall–Kier alpha value is 0.230. The van der Waals surface area contributed by atoms with Crippen LogP contribution in [0.2, 0.25) is 0 Å². The molecule has 0 spiro atoms. The Morgan fingerprint density at radius 3 is 1.92 bits per heavy atom.